The van der Waals surface area contributed by atoms with E-state index in [-0.39, 0.29) is 24.0 Å². The van der Waals surface area contributed by atoms with Gasteiger partial charge in [0, 0.05) is 32.8 Å². The van der Waals surface area contributed by atoms with Gasteiger partial charge in [0.25, 0.3) is 0 Å². The zero-order chi connectivity index (χ0) is 14.1. The average Bonchev–Trinajstić information content (AvgIpc) is 3.07. The topological polar surface area (TPSA) is 48.9 Å². The molecule has 1 saturated carbocycles. The Balaban J connectivity index is 0.00000361. The van der Waals surface area contributed by atoms with Crippen LogP contribution in [0.4, 0.5) is 0 Å². The maximum absolute atomic E-state index is 5.06. The fourth-order valence-electron chi connectivity index (χ4n) is 1.91. The van der Waals surface area contributed by atoms with E-state index in [2.05, 4.69) is 41.4 Å². The molecule has 0 aliphatic heterocycles. The van der Waals surface area contributed by atoms with Crippen molar-refractivity contribution in [3.63, 3.8) is 0 Å². The number of likely N-dealkylation sites (N-methyl/N-ethyl adjacent to an activating group) is 1. The van der Waals surface area contributed by atoms with Gasteiger partial charge >= 0.3 is 0 Å². The van der Waals surface area contributed by atoms with Crippen LogP contribution >= 0.6 is 24.0 Å². The second-order valence-corrected chi connectivity index (χ2v) is 5.37. The lowest BCUT2D eigenvalue weighted by Crippen LogP contribution is -2.39. The Kier molecular flexibility index (Phi) is 11.5. The first-order valence-corrected chi connectivity index (χ1v) is 7.39. The highest BCUT2D eigenvalue weighted by Crippen LogP contribution is 2.28. The van der Waals surface area contributed by atoms with Crippen LogP contribution in [0.25, 0.3) is 0 Å². The van der Waals surface area contributed by atoms with Crippen LogP contribution < -0.4 is 10.6 Å². The molecule has 0 bridgehead atoms. The number of nitrogens with zero attached hydrogens (tertiary/aromatic N) is 2. The lowest BCUT2D eigenvalue weighted by molar-refractivity contribution is 0.161. The Hall–Kier alpha value is -0.0800. The molecule has 20 heavy (non-hydrogen) atoms. The summed E-state index contributed by atoms with van der Waals surface area (Å²) in [6, 6.07) is 0.627. The molecule has 120 valence electrons. The Labute approximate surface area is 140 Å². The minimum Gasteiger partial charge on any atom is -0.383 e. The number of halogens is 1. The van der Waals surface area contributed by atoms with Crippen molar-refractivity contribution in [1.29, 1.82) is 0 Å². The number of nitrogens with one attached hydrogen (secondary N) is 2. The molecule has 1 rings (SSSR count). The van der Waals surface area contributed by atoms with Crippen LogP contribution in [0.3, 0.4) is 0 Å². The van der Waals surface area contributed by atoms with E-state index >= 15 is 0 Å². The first-order chi connectivity index (χ1) is 9.17. The monoisotopic (exact) mass is 398 g/mol. The van der Waals surface area contributed by atoms with Crippen molar-refractivity contribution in [1.82, 2.24) is 15.5 Å². The van der Waals surface area contributed by atoms with Gasteiger partial charge in [-0.05, 0) is 39.3 Å². The van der Waals surface area contributed by atoms with Crippen LogP contribution in [0.5, 0.6) is 0 Å². The lowest BCUT2D eigenvalue weighted by atomic mass is 10.4. The van der Waals surface area contributed by atoms with E-state index in [0.29, 0.717) is 6.04 Å². The van der Waals surface area contributed by atoms with Crippen molar-refractivity contribution >= 4 is 29.9 Å². The van der Waals surface area contributed by atoms with Gasteiger partial charge in [-0.15, -0.1) is 24.0 Å². The highest BCUT2D eigenvalue weighted by atomic mass is 127. The molecule has 0 heterocycles. The third kappa shape index (κ3) is 8.97. The van der Waals surface area contributed by atoms with E-state index in [0.717, 1.165) is 51.1 Å². The van der Waals surface area contributed by atoms with Gasteiger partial charge in [0.15, 0.2) is 5.96 Å². The van der Waals surface area contributed by atoms with Gasteiger partial charge < -0.3 is 20.3 Å². The summed E-state index contributed by atoms with van der Waals surface area (Å²) in [6.45, 7) is 9.00. The van der Waals surface area contributed by atoms with Crippen molar-refractivity contribution in [3.05, 3.63) is 0 Å². The number of hydrogen-bond donors (Lipinski definition) is 2. The van der Waals surface area contributed by atoms with E-state index in [1.165, 1.54) is 6.42 Å². The molecule has 0 aromatic heterocycles. The number of aliphatic imine (C=N–C) groups is 1. The van der Waals surface area contributed by atoms with E-state index in [9.17, 15) is 0 Å². The Bertz CT molecular complexity index is 276. The zero-order valence-electron chi connectivity index (χ0n) is 13.3. The first kappa shape index (κ1) is 19.9. The average molecular weight is 398 g/mol. The van der Waals surface area contributed by atoms with Gasteiger partial charge in [-0.3, -0.25) is 4.99 Å². The van der Waals surface area contributed by atoms with Gasteiger partial charge in [-0.1, -0.05) is 6.92 Å². The highest BCUT2D eigenvalue weighted by Gasteiger charge is 2.33. The Morgan fingerprint density at radius 2 is 2.10 bits per heavy atom. The summed E-state index contributed by atoms with van der Waals surface area (Å²) in [5.41, 5.74) is 0. The van der Waals surface area contributed by atoms with Crippen LogP contribution in [0, 0.1) is 5.92 Å². The molecule has 2 atom stereocenters. The number of hydrogen-bond acceptors (Lipinski definition) is 3. The summed E-state index contributed by atoms with van der Waals surface area (Å²) in [5.74, 6) is 1.76. The number of guanidine groups is 1. The molecule has 0 spiro atoms. The van der Waals surface area contributed by atoms with E-state index < -0.39 is 0 Å². The quantitative estimate of drug-likeness (QED) is 0.268. The van der Waals surface area contributed by atoms with Crippen molar-refractivity contribution in [2.24, 2.45) is 10.9 Å². The minimum absolute atomic E-state index is 0. The third-order valence-corrected chi connectivity index (χ3v) is 3.42. The SMILES string of the molecule is CCNC(=NCCCN(C)CCOC)NC1CC1C.I. The fourth-order valence-corrected chi connectivity index (χ4v) is 1.91. The van der Waals surface area contributed by atoms with Crippen molar-refractivity contribution in [2.75, 3.05) is 46.9 Å². The standard InChI is InChI=1S/C14H30N4O.HI/c1-5-15-14(17-13-11-12(13)2)16-7-6-8-18(3)9-10-19-4;/h12-13H,5-11H2,1-4H3,(H2,15,16,17);1H. The first-order valence-electron chi connectivity index (χ1n) is 7.39. The second-order valence-electron chi connectivity index (χ2n) is 5.37. The Morgan fingerprint density at radius 1 is 1.40 bits per heavy atom. The molecule has 2 unspecified atom stereocenters. The minimum atomic E-state index is 0. The van der Waals surface area contributed by atoms with E-state index in [4.69, 9.17) is 4.74 Å². The predicted molar refractivity (Wildman–Crippen MR) is 96.1 cm³/mol. The van der Waals surface area contributed by atoms with Crippen molar-refractivity contribution < 1.29 is 4.74 Å². The van der Waals surface area contributed by atoms with Crippen LogP contribution in [-0.2, 0) is 4.74 Å². The maximum Gasteiger partial charge on any atom is 0.191 e. The van der Waals surface area contributed by atoms with Crippen LogP contribution in [0.15, 0.2) is 4.99 Å². The molecule has 0 saturated heterocycles. The summed E-state index contributed by atoms with van der Waals surface area (Å²) in [4.78, 5) is 6.90. The molecule has 1 fully saturated rings. The normalized spacial score (nSPS) is 21.6. The van der Waals surface area contributed by atoms with Crippen LogP contribution in [-0.4, -0.2) is 63.8 Å². The van der Waals surface area contributed by atoms with Crippen LogP contribution in [0.1, 0.15) is 26.7 Å². The smallest absolute Gasteiger partial charge is 0.191 e. The summed E-state index contributed by atoms with van der Waals surface area (Å²) in [5, 5.41) is 6.77. The molecule has 0 radical (unpaired) electrons. The molecule has 1 aliphatic carbocycles. The second kappa shape index (κ2) is 11.6. The van der Waals surface area contributed by atoms with Gasteiger partial charge in [0.1, 0.15) is 0 Å². The third-order valence-electron chi connectivity index (χ3n) is 3.42. The number of methoxy groups -OCH3 is 1. The van der Waals surface area contributed by atoms with E-state index in [1.807, 2.05) is 0 Å². The molecular weight excluding hydrogens is 367 g/mol. The molecular formula is C14H31IN4O. The molecule has 0 amide bonds. The molecule has 0 aromatic rings. The van der Waals surface area contributed by atoms with Crippen molar-refractivity contribution in [2.45, 2.75) is 32.7 Å². The summed E-state index contributed by atoms with van der Waals surface area (Å²) < 4.78 is 5.06. The maximum atomic E-state index is 5.06. The molecule has 6 heteroatoms. The van der Waals surface area contributed by atoms with Gasteiger partial charge in [0.05, 0.1) is 6.61 Å². The van der Waals surface area contributed by atoms with Crippen molar-refractivity contribution in [3.8, 4) is 0 Å². The fraction of sp³-hybridized carbons (Fsp3) is 0.929. The van der Waals surface area contributed by atoms with Crippen LogP contribution in [0.2, 0.25) is 0 Å². The summed E-state index contributed by atoms with van der Waals surface area (Å²) in [6.07, 6.45) is 2.35. The van der Waals surface area contributed by atoms with Gasteiger partial charge in [-0.25, -0.2) is 0 Å². The lowest BCUT2D eigenvalue weighted by Gasteiger charge is -2.15. The largest absolute Gasteiger partial charge is 0.383 e. The zero-order valence-corrected chi connectivity index (χ0v) is 15.6. The van der Waals surface area contributed by atoms with Gasteiger partial charge in [-0.2, -0.15) is 0 Å². The Morgan fingerprint density at radius 3 is 2.65 bits per heavy atom. The predicted octanol–water partition coefficient (Wildman–Crippen LogP) is 1.54. The molecule has 0 aromatic carbocycles. The molecule has 2 N–H and O–H groups in total. The number of ether oxygens (including phenoxy) is 1. The van der Waals surface area contributed by atoms with E-state index in [1.54, 1.807) is 7.11 Å². The van der Waals surface area contributed by atoms with Gasteiger partial charge in [0.2, 0.25) is 0 Å². The number of rotatable bonds is 9. The molecule has 5 nitrogen and oxygen atoms in total. The highest BCUT2D eigenvalue weighted by molar-refractivity contribution is 14.0. The summed E-state index contributed by atoms with van der Waals surface area (Å²) in [7, 11) is 3.86. The summed E-state index contributed by atoms with van der Waals surface area (Å²) >= 11 is 0. The molecule has 1 aliphatic rings.